The van der Waals surface area contributed by atoms with E-state index in [1.54, 1.807) is 0 Å². The molecule has 0 unspecified atom stereocenters. The lowest BCUT2D eigenvalue weighted by Crippen LogP contribution is -2.45. The fourth-order valence-corrected chi connectivity index (χ4v) is 7.00. The highest BCUT2D eigenvalue weighted by Crippen LogP contribution is 2.39. The van der Waals surface area contributed by atoms with Gasteiger partial charge in [-0.05, 0) is 86.1 Å². The fourth-order valence-electron chi connectivity index (χ4n) is 7.00. The predicted octanol–water partition coefficient (Wildman–Crippen LogP) is 5.77. The minimum Gasteiger partial charge on any atom is -0.392 e. The van der Waals surface area contributed by atoms with Crippen molar-refractivity contribution in [3.05, 3.63) is 95.1 Å². The molecule has 3 aromatic rings. The molecule has 3 saturated heterocycles. The van der Waals surface area contributed by atoms with Crippen LogP contribution >= 0.6 is 0 Å². The molecule has 45 heavy (non-hydrogen) atoms. The molecule has 0 aromatic heterocycles. The second kappa shape index (κ2) is 15.3. The molecule has 2 amide bonds. The number of amides is 2. The van der Waals surface area contributed by atoms with Crippen LogP contribution in [0.4, 0.5) is 4.79 Å². The van der Waals surface area contributed by atoms with Crippen LogP contribution in [0, 0.1) is 0 Å². The van der Waals surface area contributed by atoms with Crippen LogP contribution in [0.3, 0.4) is 0 Å². The number of rotatable bonds is 11. The molecule has 3 aromatic carbocycles. The van der Waals surface area contributed by atoms with E-state index in [9.17, 15) is 9.90 Å². The van der Waals surface area contributed by atoms with Crippen molar-refractivity contribution in [3.63, 3.8) is 0 Å². The third-order valence-corrected chi connectivity index (χ3v) is 9.45. The van der Waals surface area contributed by atoms with Gasteiger partial charge in [0.15, 0.2) is 6.29 Å². The Hall–Kier alpha value is -3.27. The highest BCUT2D eigenvalue weighted by molar-refractivity contribution is 5.73. The maximum Gasteiger partial charge on any atom is 0.315 e. The number of aliphatic hydroxyl groups excluding tert-OH is 1. The first kappa shape index (κ1) is 31.7. The van der Waals surface area contributed by atoms with Gasteiger partial charge in [-0.15, -0.1) is 0 Å². The summed E-state index contributed by atoms with van der Waals surface area (Å²) in [6.07, 6.45) is 5.47. The van der Waals surface area contributed by atoms with Crippen LogP contribution < -0.4 is 10.6 Å². The molecule has 0 bridgehead atoms. The fraction of sp³-hybridized carbons (Fsp3) is 0.486. The van der Waals surface area contributed by atoms with Crippen molar-refractivity contribution in [1.29, 1.82) is 0 Å². The second-order valence-corrected chi connectivity index (χ2v) is 12.7. The lowest BCUT2D eigenvalue weighted by atomic mass is 9.98. The van der Waals surface area contributed by atoms with Crippen LogP contribution in [0.15, 0.2) is 72.8 Å². The Morgan fingerprint density at radius 2 is 1.62 bits per heavy atom. The van der Waals surface area contributed by atoms with Gasteiger partial charge in [-0.25, -0.2) is 4.79 Å². The zero-order valence-corrected chi connectivity index (χ0v) is 26.5. The lowest BCUT2D eigenvalue weighted by Gasteiger charge is -2.39. The summed E-state index contributed by atoms with van der Waals surface area (Å²) in [5.41, 5.74) is 6.27. The zero-order valence-electron chi connectivity index (χ0n) is 26.5. The average Bonchev–Trinajstić information content (AvgIpc) is 3.76. The molecular weight excluding hydrogens is 564 g/mol. The van der Waals surface area contributed by atoms with Crippen LogP contribution in [0.1, 0.15) is 73.7 Å². The van der Waals surface area contributed by atoms with E-state index < -0.39 is 6.29 Å². The molecule has 4 atom stereocenters. The highest BCUT2D eigenvalue weighted by Gasteiger charge is 2.36. The van der Waals surface area contributed by atoms with Crippen molar-refractivity contribution < 1.29 is 19.4 Å². The molecule has 3 heterocycles. The quantitative estimate of drug-likeness (QED) is 0.255. The molecular formula is C37H48N4O4. The standard InChI is InChI=1S/C37H48N4O4/c1-2-38-37(43)39-23-28-7-5-8-32(21-28)29-14-16-31(17-15-29)36-44-34(22-35(45-36)30-12-10-27(26-42)11-13-30)25-41-20-6-9-33(41)24-40-18-3-4-19-40/h5,7-8,10-17,21,33-36,42H,2-4,6,9,18-20,22-26H2,1H3,(H2,38,39,43)/t33-,34-,35+,36+/m0/s1. The zero-order chi connectivity index (χ0) is 31.0. The maximum atomic E-state index is 11.8. The number of urea groups is 1. The monoisotopic (exact) mass is 612 g/mol. The molecule has 3 aliphatic heterocycles. The average molecular weight is 613 g/mol. The van der Waals surface area contributed by atoms with E-state index in [4.69, 9.17) is 9.47 Å². The Morgan fingerprint density at radius 3 is 2.38 bits per heavy atom. The minimum absolute atomic E-state index is 0.0352. The van der Waals surface area contributed by atoms with Gasteiger partial charge >= 0.3 is 6.03 Å². The van der Waals surface area contributed by atoms with Gasteiger partial charge in [-0.3, -0.25) is 4.90 Å². The van der Waals surface area contributed by atoms with Crippen LogP contribution in [0.5, 0.6) is 0 Å². The van der Waals surface area contributed by atoms with Gasteiger partial charge in [0, 0.05) is 44.2 Å². The number of nitrogens with one attached hydrogen (secondary N) is 2. The van der Waals surface area contributed by atoms with E-state index in [0.29, 0.717) is 19.1 Å². The van der Waals surface area contributed by atoms with Crippen molar-refractivity contribution in [2.75, 3.05) is 39.3 Å². The molecule has 0 radical (unpaired) electrons. The predicted molar refractivity (Wildman–Crippen MR) is 176 cm³/mol. The Morgan fingerprint density at radius 1 is 0.844 bits per heavy atom. The summed E-state index contributed by atoms with van der Waals surface area (Å²) in [5.74, 6) is 0. The van der Waals surface area contributed by atoms with Gasteiger partial charge in [-0.2, -0.15) is 0 Å². The Kier molecular flexibility index (Phi) is 10.8. The molecule has 8 nitrogen and oxygen atoms in total. The highest BCUT2D eigenvalue weighted by atomic mass is 16.7. The third-order valence-electron chi connectivity index (χ3n) is 9.45. The largest absolute Gasteiger partial charge is 0.392 e. The summed E-state index contributed by atoms with van der Waals surface area (Å²) in [5, 5.41) is 15.2. The van der Waals surface area contributed by atoms with E-state index in [2.05, 4.69) is 69.0 Å². The second-order valence-electron chi connectivity index (χ2n) is 12.7. The van der Waals surface area contributed by atoms with Gasteiger partial charge in [0.05, 0.1) is 18.8 Å². The number of carbonyl (C=O) groups is 1. The van der Waals surface area contributed by atoms with Crippen LogP contribution in [0.2, 0.25) is 0 Å². The van der Waals surface area contributed by atoms with Gasteiger partial charge in [0.1, 0.15) is 0 Å². The first-order chi connectivity index (χ1) is 22.1. The summed E-state index contributed by atoms with van der Waals surface area (Å²) in [6.45, 7) is 8.70. The van der Waals surface area contributed by atoms with Crippen LogP contribution in [-0.2, 0) is 22.6 Å². The van der Waals surface area contributed by atoms with E-state index in [0.717, 1.165) is 52.9 Å². The minimum atomic E-state index is -0.465. The molecule has 8 heteroatoms. The molecule has 3 fully saturated rings. The summed E-state index contributed by atoms with van der Waals surface area (Å²) in [7, 11) is 0. The van der Waals surface area contributed by atoms with E-state index in [1.165, 1.54) is 45.3 Å². The SMILES string of the molecule is CCNC(=O)NCc1cccc(-c2ccc([C@@H]3O[C@H](CN4CCC[C@H]4CN4CCCC4)C[C@H](c4ccc(CO)cc4)O3)cc2)c1. The van der Waals surface area contributed by atoms with Gasteiger partial charge in [0.2, 0.25) is 0 Å². The summed E-state index contributed by atoms with van der Waals surface area (Å²) in [4.78, 5) is 17.1. The molecule has 6 rings (SSSR count). The summed E-state index contributed by atoms with van der Waals surface area (Å²) >= 11 is 0. The summed E-state index contributed by atoms with van der Waals surface area (Å²) in [6, 6.07) is 25.3. The number of hydrogen-bond donors (Lipinski definition) is 3. The van der Waals surface area contributed by atoms with E-state index >= 15 is 0 Å². The lowest BCUT2D eigenvalue weighted by molar-refractivity contribution is -0.253. The van der Waals surface area contributed by atoms with E-state index in [1.807, 2.05) is 31.2 Å². The molecule has 0 aliphatic carbocycles. The van der Waals surface area contributed by atoms with Gasteiger partial charge < -0.3 is 30.1 Å². The maximum absolute atomic E-state index is 11.8. The molecule has 0 saturated carbocycles. The van der Waals surface area contributed by atoms with Crippen molar-refractivity contribution in [2.24, 2.45) is 0 Å². The smallest absolute Gasteiger partial charge is 0.315 e. The number of carbonyl (C=O) groups excluding carboxylic acids is 1. The molecule has 0 spiro atoms. The topological polar surface area (TPSA) is 86.3 Å². The van der Waals surface area contributed by atoms with Gasteiger partial charge in [-0.1, -0.05) is 66.7 Å². The number of likely N-dealkylation sites (tertiary alicyclic amines) is 2. The van der Waals surface area contributed by atoms with Crippen LogP contribution in [0.25, 0.3) is 11.1 Å². The first-order valence-corrected chi connectivity index (χ1v) is 16.8. The Balaban J connectivity index is 1.16. The van der Waals surface area contributed by atoms with Gasteiger partial charge in [0.25, 0.3) is 0 Å². The third kappa shape index (κ3) is 8.31. The number of benzene rings is 3. The normalized spacial score (nSPS) is 24.1. The Bertz CT molecular complexity index is 1380. The van der Waals surface area contributed by atoms with Crippen molar-refractivity contribution in [1.82, 2.24) is 20.4 Å². The summed E-state index contributed by atoms with van der Waals surface area (Å²) < 4.78 is 13.4. The number of aliphatic hydroxyl groups is 1. The van der Waals surface area contributed by atoms with E-state index in [-0.39, 0.29) is 24.8 Å². The molecule has 3 N–H and O–H groups in total. The Labute approximate surface area is 267 Å². The number of nitrogens with zero attached hydrogens (tertiary/aromatic N) is 2. The van der Waals surface area contributed by atoms with Crippen molar-refractivity contribution >= 4 is 6.03 Å². The van der Waals surface area contributed by atoms with Crippen molar-refractivity contribution in [2.45, 2.75) is 76.7 Å². The van der Waals surface area contributed by atoms with Crippen molar-refractivity contribution in [3.8, 4) is 11.1 Å². The molecule has 240 valence electrons. The molecule has 3 aliphatic rings. The first-order valence-electron chi connectivity index (χ1n) is 16.8. The number of ether oxygens (including phenoxy) is 2. The number of hydrogen-bond acceptors (Lipinski definition) is 6. The van der Waals surface area contributed by atoms with Crippen LogP contribution in [-0.4, -0.2) is 72.4 Å².